The third-order valence-corrected chi connectivity index (χ3v) is 3.16. The molecule has 0 aliphatic carbocycles. The summed E-state index contributed by atoms with van der Waals surface area (Å²) < 4.78 is 5.47. The van der Waals surface area contributed by atoms with Crippen molar-refractivity contribution >= 4 is 28.9 Å². The molecule has 0 aromatic heterocycles. The van der Waals surface area contributed by atoms with Crippen LogP contribution in [0.1, 0.15) is 11.1 Å². The van der Waals surface area contributed by atoms with Crippen molar-refractivity contribution in [1.29, 1.82) is 5.26 Å². The second kappa shape index (κ2) is 6.44. The smallest absolute Gasteiger partial charge is 0.276 e. The number of hydrogen-bond donors (Lipinski definition) is 0. The van der Waals surface area contributed by atoms with Gasteiger partial charge in [-0.25, -0.2) is 0 Å². The molecule has 0 amide bonds. The molecule has 0 saturated carbocycles. The highest BCUT2D eigenvalue weighted by molar-refractivity contribution is 6.31. The van der Waals surface area contributed by atoms with Gasteiger partial charge in [0.25, 0.3) is 5.69 Å². The third kappa shape index (κ3) is 3.63. The molecule has 5 nitrogen and oxygen atoms in total. The fourth-order valence-electron chi connectivity index (χ4n) is 1.71. The minimum Gasteiger partial charge on any atom is -0.487 e. The Morgan fingerprint density at radius 2 is 1.86 bits per heavy atom. The molecule has 0 saturated heterocycles. The van der Waals surface area contributed by atoms with E-state index in [0.717, 1.165) is 0 Å². The largest absolute Gasteiger partial charge is 0.487 e. The molecular formula is C14H8Cl2N2O3. The summed E-state index contributed by atoms with van der Waals surface area (Å²) in [7, 11) is 0. The first-order valence-electron chi connectivity index (χ1n) is 5.76. The van der Waals surface area contributed by atoms with Gasteiger partial charge in [0.05, 0.1) is 16.1 Å². The molecule has 0 spiro atoms. The summed E-state index contributed by atoms with van der Waals surface area (Å²) in [5, 5.41) is 20.7. The maximum atomic E-state index is 11.0. The summed E-state index contributed by atoms with van der Waals surface area (Å²) in [4.78, 5) is 10.4. The Kier molecular flexibility index (Phi) is 4.63. The molecule has 0 aliphatic rings. The van der Waals surface area contributed by atoms with Gasteiger partial charge in [0.15, 0.2) is 0 Å². The van der Waals surface area contributed by atoms with Gasteiger partial charge in [-0.1, -0.05) is 23.2 Å². The van der Waals surface area contributed by atoms with Gasteiger partial charge in [0.1, 0.15) is 18.4 Å². The molecule has 0 radical (unpaired) electrons. The average molecular weight is 323 g/mol. The van der Waals surface area contributed by atoms with E-state index in [-0.39, 0.29) is 18.0 Å². The number of nitriles is 1. The summed E-state index contributed by atoms with van der Waals surface area (Å²) in [6.07, 6.45) is 0. The minimum atomic E-state index is -0.516. The Hall–Kier alpha value is -2.29. The zero-order valence-electron chi connectivity index (χ0n) is 10.5. The topological polar surface area (TPSA) is 76.2 Å². The van der Waals surface area contributed by atoms with Crippen LogP contribution < -0.4 is 4.74 Å². The monoisotopic (exact) mass is 322 g/mol. The molecule has 0 aliphatic heterocycles. The quantitative estimate of drug-likeness (QED) is 0.619. The molecular weight excluding hydrogens is 315 g/mol. The molecule has 21 heavy (non-hydrogen) atoms. The molecule has 7 heteroatoms. The highest BCUT2D eigenvalue weighted by Crippen LogP contribution is 2.27. The van der Waals surface area contributed by atoms with Crippen molar-refractivity contribution in [3.8, 4) is 11.8 Å². The molecule has 0 heterocycles. The number of nitro groups is 1. The first kappa shape index (κ1) is 15.1. The maximum Gasteiger partial charge on any atom is 0.276 e. The van der Waals surface area contributed by atoms with Crippen molar-refractivity contribution in [3.05, 3.63) is 67.7 Å². The minimum absolute atomic E-state index is 0.0914. The number of ether oxygens (including phenoxy) is 1. The van der Waals surface area contributed by atoms with E-state index in [9.17, 15) is 10.1 Å². The Balaban J connectivity index is 2.29. The van der Waals surface area contributed by atoms with E-state index in [0.29, 0.717) is 21.2 Å². The number of rotatable bonds is 4. The maximum absolute atomic E-state index is 11.0. The SMILES string of the molecule is N#Cc1ccc(Cl)cc1OCc1cc(Cl)ccc1[N+](=O)[O-]. The predicted octanol–water partition coefficient (Wildman–Crippen LogP) is 4.35. The van der Waals surface area contributed by atoms with Gasteiger partial charge < -0.3 is 4.74 Å². The van der Waals surface area contributed by atoms with E-state index >= 15 is 0 Å². The van der Waals surface area contributed by atoms with Crippen LogP contribution in [-0.4, -0.2) is 4.92 Å². The van der Waals surface area contributed by atoms with Gasteiger partial charge in [-0.3, -0.25) is 10.1 Å². The lowest BCUT2D eigenvalue weighted by Gasteiger charge is -2.09. The van der Waals surface area contributed by atoms with Gasteiger partial charge in [0.2, 0.25) is 0 Å². The van der Waals surface area contributed by atoms with E-state index in [1.807, 2.05) is 6.07 Å². The van der Waals surface area contributed by atoms with Gasteiger partial charge in [-0.15, -0.1) is 0 Å². The molecule has 2 rings (SSSR count). The van der Waals surface area contributed by atoms with Crippen molar-refractivity contribution in [1.82, 2.24) is 0 Å². The van der Waals surface area contributed by atoms with Gasteiger partial charge in [0, 0.05) is 22.2 Å². The van der Waals surface area contributed by atoms with E-state index in [1.165, 1.54) is 30.3 Å². The lowest BCUT2D eigenvalue weighted by atomic mass is 10.2. The van der Waals surface area contributed by atoms with E-state index in [1.54, 1.807) is 6.07 Å². The van der Waals surface area contributed by atoms with Gasteiger partial charge >= 0.3 is 0 Å². The number of nitrogens with zero attached hydrogens (tertiary/aromatic N) is 2. The van der Waals surface area contributed by atoms with Crippen molar-refractivity contribution in [3.63, 3.8) is 0 Å². The van der Waals surface area contributed by atoms with Crippen molar-refractivity contribution in [2.24, 2.45) is 0 Å². The van der Waals surface area contributed by atoms with Crippen LogP contribution in [-0.2, 0) is 6.61 Å². The van der Waals surface area contributed by atoms with Crippen LogP contribution in [0.4, 0.5) is 5.69 Å². The molecule has 2 aromatic carbocycles. The molecule has 0 bridgehead atoms. The summed E-state index contributed by atoms with van der Waals surface area (Å²) in [5.74, 6) is 0.263. The number of hydrogen-bond acceptors (Lipinski definition) is 4. The second-order valence-electron chi connectivity index (χ2n) is 4.07. The molecule has 0 unspecified atom stereocenters. The molecule has 0 fully saturated rings. The standard InChI is InChI=1S/C14H8Cl2N2O3/c15-11-3-4-13(18(19)20)10(5-11)8-21-14-6-12(16)2-1-9(14)7-17/h1-6H,8H2. The molecule has 106 valence electrons. The fraction of sp³-hybridized carbons (Fsp3) is 0.0714. The molecule has 0 atom stereocenters. The highest BCUT2D eigenvalue weighted by atomic mass is 35.5. The summed E-state index contributed by atoms with van der Waals surface area (Å²) in [5.41, 5.74) is 0.514. The zero-order chi connectivity index (χ0) is 15.4. The van der Waals surface area contributed by atoms with Gasteiger partial charge in [-0.2, -0.15) is 5.26 Å². The number of benzene rings is 2. The Morgan fingerprint density at radius 1 is 1.19 bits per heavy atom. The third-order valence-electron chi connectivity index (χ3n) is 2.69. The Bertz CT molecular complexity index is 741. The zero-order valence-corrected chi connectivity index (χ0v) is 12.1. The van der Waals surface area contributed by atoms with Crippen molar-refractivity contribution < 1.29 is 9.66 Å². The van der Waals surface area contributed by atoms with Crippen LogP contribution in [0.5, 0.6) is 5.75 Å². The number of nitro benzene ring substituents is 1. The summed E-state index contributed by atoms with van der Waals surface area (Å²) in [6, 6.07) is 10.7. The van der Waals surface area contributed by atoms with E-state index < -0.39 is 4.92 Å². The average Bonchev–Trinajstić information content (AvgIpc) is 2.45. The van der Waals surface area contributed by atoms with Crippen LogP contribution in [0.15, 0.2) is 36.4 Å². The lowest BCUT2D eigenvalue weighted by Crippen LogP contribution is -2.01. The van der Waals surface area contributed by atoms with Crippen LogP contribution in [0.25, 0.3) is 0 Å². The molecule has 0 N–H and O–H groups in total. The van der Waals surface area contributed by atoms with E-state index in [4.69, 9.17) is 33.2 Å². The highest BCUT2D eigenvalue weighted by Gasteiger charge is 2.15. The Labute approximate surface area is 130 Å². The first-order valence-corrected chi connectivity index (χ1v) is 6.52. The van der Waals surface area contributed by atoms with Crippen LogP contribution in [0.2, 0.25) is 10.0 Å². The Morgan fingerprint density at radius 3 is 2.52 bits per heavy atom. The summed E-state index contributed by atoms with van der Waals surface area (Å²) >= 11 is 11.7. The first-order chi connectivity index (χ1) is 10.0. The van der Waals surface area contributed by atoms with Crippen LogP contribution in [0, 0.1) is 21.4 Å². The summed E-state index contributed by atoms with van der Waals surface area (Å²) in [6.45, 7) is -0.0914. The van der Waals surface area contributed by atoms with Crippen LogP contribution in [0.3, 0.4) is 0 Å². The fourth-order valence-corrected chi connectivity index (χ4v) is 2.07. The predicted molar refractivity (Wildman–Crippen MR) is 78.6 cm³/mol. The van der Waals surface area contributed by atoms with Gasteiger partial charge in [-0.05, 0) is 24.3 Å². The van der Waals surface area contributed by atoms with E-state index in [2.05, 4.69) is 0 Å². The second-order valence-corrected chi connectivity index (χ2v) is 4.94. The lowest BCUT2D eigenvalue weighted by molar-refractivity contribution is -0.385. The van der Waals surface area contributed by atoms with Crippen molar-refractivity contribution in [2.75, 3.05) is 0 Å². The number of halogens is 2. The molecule has 2 aromatic rings. The normalized spacial score (nSPS) is 9.95. The van der Waals surface area contributed by atoms with Crippen LogP contribution >= 0.6 is 23.2 Å². The van der Waals surface area contributed by atoms with Crippen molar-refractivity contribution in [2.45, 2.75) is 6.61 Å².